The van der Waals surface area contributed by atoms with Gasteiger partial charge in [0, 0.05) is 24.7 Å². The number of nitro benzene ring substituents is 1. The van der Waals surface area contributed by atoms with E-state index in [9.17, 15) is 10.1 Å². The molecule has 1 rings (SSSR count). The van der Waals surface area contributed by atoms with Gasteiger partial charge in [0.1, 0.15) is 0 Å². The van der Waals surface area contributed by atoms with Crippen molar-refractivity contribution in [2.24, 2.45) is 5.41 Å². The van der Waals surface area contributed by atoms with E-state index >= 15 is 0 Å². The van der Waals surface area contributed by atoms with Crippen LogP contribution in [0.25, 0.3) is 0 Å². The van der Waals surface area contributed by atoms with Crippen LogP contribution in [0.3, 0.4) is 0 Å². The quantitative estimate of drug-likeness (QED) is 0.411. The lowest BCUT2D eigenvalue weighted by Gasteiger charge is -2.25. The van der Waals surface area contributed by atoms with Crippen LogP contribution >= 0.6 is 0 Å². The third-order valence-electron chi connectivity index (χ3n) is 3.86. The number of unbranched alkanes of at least 4 members (excludes halogenated alkanes) is 2. The van der Waals surface area contributed by atoms with Gasteiger partial charge in [-0.05, 0) is 24.3 Å². The van der Waals surface area contributed by atoms with E-state index in [0.29, 0.717) is 12.1 Å². The zero-order valence-corrected chi connectivity index (χ0v) is 13.7. The first-order chi connectivity index (χ1) is 9.85. The highest BCUT2D eigenvalue weighted by Gasteiger charge is 2.17. The van der Waals surface area contributed by atoms with Crippen molar-refractivity contribution in [1.29, 1.82) is 0 Å². The third-order valence-corrected chi connectivity index (χ3v) is 3.86. The molecule has 0 spiro atoms. The van der Waals surface area contributed by atoms with E-state index in [1.54, 1.807) is 13.0 Å². The summed E-state index contributed by atoms with van der Waals surface area (Å²) in [4.78, 5) is 10.6. The fourth-order valence-electron chi connectivity index (χ4n) is 2.45. The zero-order valence-electron chi connectivity index (χ0n) is 13.7. The van der Waals surface area contributed by atoms with Crippen LogP contribution in [0.15, 0.2) is 18.2 Å². The Balaban J connectivity index is 2.48. The lowest BCUT2D eigenvalue weighted by Crippen LogP contribution is -2.29. The van der Waals surface area contributed by atoms with Gasteiger partial charge in [-0.25, -0.2) is 0 Å². The van der Waals surface area contributed by atoms with Crippen LogP contribution in [-0.4, -0.2) is 11.5 Å². The molecule has 118 valence electrons. The molecule has 4 heteroatoms. The molecule has 0 radical (unpaired) electrons. The molecule has 0 fully saturated rings. The SMILES string of the molecule is CCCCCC(C)(C)CNCc1ccc(C)c([N+](=O)[O-])c1. The van der Waals surface area contributed by atoms with Crippen molar-refractivity contribution in [2.45, 2.75) is 59.9 Å². The van der Waals surface area contributed by atoms with Crippen molar-refractivity contribution in [3.05, 3.63) is 39.4 Å². The molecule has 0 unspecified atom stereocenters. The maximum Gasteiger partial charge on any atom is 0.272 e. The summed E-state index contributed by atoms with van der Waals surface area (Å²) in [5.74, 6) is 0. The molecule has 1 aromatic rings. The summed E-state index contributed by atoms with van der Waals surface area (Å²) < 4.78 is 0. The molecule has 0 amide bonds. The largest absolute Gasteiger partial charge is 0.312 e. The summed E-state index contributed by atoms with van der Waals surface area (Å²) in [5, 5.41) is 14.4. The van der Waals surface area contributed by atoms with E-state index in [0.717, 1.165) is 12.1 Å². The first kappa shape index (κ1) is 17.6. The summed E-state index contributed by atoms with van der Waals surface area (Å²) in [6.07, 6.45) is 5.01. The molecule has 0 aliphatic heterocycles. The predicted octanol–water partition coefficient (Wildman–Crippen LogP) is 4.60. The first-order valence-electron chi connectivity index (χ1n) is 7.80. The van der Waals surface area contributed by atoms with Crippen LogP contribution in [0.5, 0.6) is 0 Å². The summed E-state index contributed by atoms with van der Waals surface area (Å²) in [6.45, 7) is 10.1. The minimum absolute atomic E-state index is 0.205. The number of nitrogens with zero attached hydrogens (tertiary/aromatic N) is 1. The number of hydrogen-bond donors (Lipinski definition) is 1. The lowest BCUT2D eigenvalue weighted by molar-refractivity contribution is -0.385. The van der Waals surface area contributed by atoms with Crippen LogP contribution in [0.4, 0.5) is 5.69 Å². The molecule has 0 saturated carbocycles. The Hall–Kier alpha value is -1.42. The van der Waals surface area contributed by atoms with Gasteiger partial charge < -0.3 is 5.32 Å². The molecule has 0 heterocycles. The molecular formula is C17H28N2O2. The van der Waals surface area contributed by atoms with Crippen LogP contribution in [0.2, 0.25) is 0 Å². The van der Waals surface area contributed by atoms with Gasteiger partial charge in [0.25, 0.3) is 5.69 Å². The molecular weight excluding hydrogens is 264 g/mol. The zero-order chi connectivity index (χ0) is 15.9. The number of rotatable bonds is 9. The Labute approximate surface area is 128 Å². The second-order valence-corrected chi connectivity index (χ2v) is 6.60. The van der Waals surface area contributed by atoms with Gasteiger partial charge in [-0.15, -0.1) is 0 Å². The van der Waals surface area contributed by atoms with Crippen molar-refractivity contribution in [2.75, 3.05) is 6.54 Å². The van der Waals surface area contributed by atoms with Gasteiger partial charge in [-0.1, -0.05) is 52.2 Å². The summed E-state index contributed by atoms with van der Waals surface area (Å²) in [7, 11) is 0. The second-order valence-electron chi connectivity index (χ2n) is 6.60. The van der Waals surface area contributed by atoms with E-state index < -0.39 is 0 Å². The molecule has 0 aromatic heterocycles. The van der Waals surface area contributed by atoms with Gasteiger partial charge in [0.05, 0.1) is 4.92 Å². The Morgan fingerprint density at radius 1 is 1.29 bits per heavy atom. The fourth-order valence-corrected chi connectivity index (χ4v) is 2.45. The van der Waals surface area contributed by atoms with Gasteiger partial charge in [-0.3, -0.25) is 10.1 Å². The van der Waals surface area contributed by atoms with E-state index in [1.165, 1.54) is 25.7 Å². The molecule has 21 heavy (non-hydrogen) atoms. The highest BCUT2D eigenvalue weighted by molar-refractivity contribution is 5.42. The molecule has 0 saturated heterocycles. The fraction of sp³-hybridized carbons (Fsp3) is 0.647. The van der Waals surface area contributed by atoms with Crippen LogP contribution in [-0.2, 0) is 6.54 Å². The number of benzene rings is 1. The van der Waals surface area contributed by atoms with Crippen LogP contribution in [0, 0.1) is 22.5 Å². The predicted molar refractivity (Wildman–Crippen MR) is 87.5 cm³/mol. The molecule has 0 atom stereocenters. The van der Waals surface area contributed by atoms with Gasteiger partial charge in [0.15, 0.2) is 0 Å². The van der Waals surface area contributed by atoms with Crippen molar-refractivity contribution in [3.63, 3.8) is 0 Å². The average molecular weight is 292 g/mol. The van der Waals surface area contributed by atoms with Crippen molar-refractivity contribution >= 4 is 5.69 Å². The molecule has 0 aliphatic carbocycles. The Bertz CT molecular complexity index is 470. The van der Waals surface area contributed by atoms with E-state index in [4.69, 9.17) is 0 Å². The highest BCUT2D eigenvalue weighted by Crippen LogP contribution is 2.23. The van der Waals surface area contributed by atoms with Crippen molar-refractivity contribution in [3.8, 4) is 0 Å². The minimum Gasteiger partial charge on any atom is -0.312 e. The number of nitro groups is 1. The van der Waals surface area contributed by atoms with E-state index in [1.807, 2.05) is 12.1 Å². The summed E-state index contributed by atoms with van der Waals surface area (Å²) in [6, 6.07) is 5.45. The van der Waals surface area contributed by atoms with Gasteiger partial charge in [0.2, 0.25) is 0 Å². The molecule has 1 aromatic carbocycles. The maximum absolute atomic E-state index is 10.9. The Kier molecular flexibility index (Phi) is 6.82. The lowest BCUT2D eigenvalue weighted by atomic mass is 9.87. The van der Waals surface area contributed by atoms with Crippen molar-refractivity contribution < 1.29 is 4.92 Å². The number of nitrogens with one attached hydrogen (secondary N) is 1. The molecule has 1 N–H and O–H groups in total. The van der Waals surface area contributed by atoms with Crippen LogP contribution < -0.4 is 5.32 Å². The number of hydrogen-bond acceptors (Lipinski definition) is 3. The van der Waals surface area contributed by atoms with E-state index in [-0.39, 0.29) is 16.0 Å². The normalized spacial score (nSPS) is 11.6. The monoisotopic (exact) mass is 292 g/mol. The summed E-state index contributed by atoms with van der Waals surface area (Å²) >= 11 is 0. The van der Waals surface area contributed by atoms with E-state index in [2.05, 4.69) is 26.1 Å². The van der Waals surface area contributed by atoms with Crippen LogP contribution in [0.1, 0.15) is 57.6 Å². The molecule has 0 aliphatic rings. The Morgan fingerprint density at radius 3 is 2.62 bits per heavy atom. The first-order valence-corrected chi connectivity index (χ1v) is 7.80. The van der Waals surface area contributed by atoms with Gasteiger partial charge in [-0.2, -0.15) is 0 Å². The molecule has 4 nitrogen and oxygen atoms in total. The van der Waals surface area contributed by atoms with Crippen molar-refractivity contribution in [1.82, 2.24) is 5.32 Å². The molecule has 0 bridgehead atoms. The number of aryl methyl sites for hydroxylation is 1. The third kappa shape index (κ3) is 6.25. The van der Waals surface area contributed by atoms with Gasteiger partial charge >= 0.3 is 0 Å². The minimum atomic E-state index is -0.312. The Morgan fingerprint density at radius 2 is 2.00 bits per heavy atom. The maximum atomic E-state index is 10.9. The summed E-state index contributed by atoms with van der Waals surface area (Å²) in [5.41, 5.74) is 2.16. The highest BCUT2D eigenvalue weighted by atomic mass is 16.6. The standard InChI is InChI=1S/C17H28N2O2/c1-5-6-7-10-17(3,4)13-18-12-15-9-8-14(2)16(11-15)19(20)21/h8-9,11,18H,5-7,10,12-13H2,1-4H3. The second kappa shape index (κ2) is 8.13. The smallest absolute Gasteiger partial charge is 0.272 e. The topological polar surface area (TPSA) is 55.2 Å². The average Bonchev–Trinajstić information content (AvgIpc) is 2.40.